The second-order valence-electron chi connectivity index (χ2n) is 5.61. The number of nitrogens with one attached hydrogen (secondary N) is 1. The van der Waals surface area contributed by atoms with E-state index >= 15 is 0 Å². The summed E-state index contributed by atoms with van der Waals surface area (Å²) >= 11 is 6.04. The molecule has 1 nitrogen and oxygen atoms in total. The summed E-state index contributed by atoms with van der Waals surface area (Å²) in [6, 6.07) is 15.8. The molecule has 0 saturated heterocycles. The minimum atomic E-state index is 0.319. The summed E-state index contributed by atoms with van der Waals surface area (Å²) in [6.45, 7) is 4.46. The van der Waals surface area contributed by atoms with Crippen molar-refractivity contribution < 1.29 is 0 Å². The fraction of sp³-hybridized carbons (Fsp3) is 0.333. The molecule has 21 heavy (non-hydrogen) atoms. The molecule has 2 aromatic rings. The first-order valence-electron chi connectivity index (χ1n) is 7.22. The Hall–Kier alpha value is -0.390. The minimum absolute atomic E-state index is 0.319. The molecule has 112 valence electrons. The van der Waals surface area contributed by atoms with Crippen LogP contribution in [0.15, 0.2) is 46.9 Å². The van der Waals surface area contributed by atoms with Gasteiger partial charge in [0.15, 0.2) is 0 Å². The van der Waals surface area contributed by atoms with Crippen LogP contribution in [-0.4, -0.2) is 7.05 Å². The summed E-state index contributed by atoms with van der Waals surface area (Å²) in [6.07, 6.45) is 0.994. The second-order valence-corrected chi connectivity index (χ2v) is 7.71. The van der Waals surface area contributed by atoms with Crippen molar-refractivity contribution in [2.45, 2.75) is 32.2 Å². The van der Waals surface area contributed by atoms with Gasteiger partial charge in [-0.1, -0.05) is 54.0 Å². The van der Waals surface area contributed by atoms with Gasteiger partial charge in [-0.25, -0.2) is 0 Å². The van der Waals surface area contributed by atoms with Crippen molar-refractivity contribution >= 4 is 38.5 Å². The van der Waals surface area contributed by atoms with Crippen molar-refractivity contribution in [1.29, 1.82) is 0 Å². The predicted octanol–water partition coefficient (Wildman–Crippen LogP) is 5.68. The maximum atomic E-state index is 3.67. The van der Waals surface area contributed by atoms with Crippen molar-refractivity contribution in [1.82, 2.24) is 5.32 Å². The molecule has 1 atom stereocenters. The number of halogens is 2. The van der Waals surface area contributed by atoms with Crippen LogP contribution in [0, 0.1) is 3.57 Å². The highest BCUT2D eigenvalue weighted by Gasteiger charge is 2.14. The van der Waals surface area contributed by atoms with Gasteiger partial charge in [0.25, 0.3) is 0 Å². The summed E-state index contributed by atoms with van der Waals surface area (Å²) in [5.41, 5.74) is 4.08. The molecule has 0 amide bonds. The van der Waals surface area contributed by atoms with Gasteiger partial charge in [0.1, 0.15) is 0 Å². The summed E-state index contributed by atoms with van der Waals surface area (Å²) in [5.74, 6) is 0.587. The molecule has 0 aromatic heterocycles. The van der Waals surface area contributed by atoms with Gasteiger partial charge in [-0.15, -0.1) is 0 Å². The molecule has 0 aliphatic carbocycles. The van der Waals surface area contributed by atoms with E-state index in [9.17, 15) is 0 Å². The van der Waals surface area contributed by atoms with E-state index < -0.39 is 0 Å². The number of benzene rings is 2. The summed E-state index contributed by atoms with van der Waals surface area (Å²) in [5, 5.41) is 3.44. The molecule has 0 bridgehead atoms. The fourth-order valence-corrected chi connectivity index (χ4v) is 3.46. The molecule has 0 radical (unpaired) electrons. The monoisotopic (exact) mass is 457 g/mol. The van der Waals surface area contributed by atoms with Gasteiger partial charge in [0, 0.05) is 14.1 Å². The smallest absolute Gasteiger partial charge is 0.0370 e. The summed E-state index contributed by atoms with van der Waals surface area (Å²) in [4.78, 5) is 0. The standard InChI is InChI=1S/C18H21BrIN/c1-12(2)14-6-4-13(5-7-14)10-18(21-3)16-11-15(20)8-9-17(16)19/h4-9,11-12,18,21H,10H2,1-3H3. The van der Waals surface area contributed by atoms with Crippen LogP contribution in [0.5, 0.6) is 0 Å². The third-order valence-electron chi connectivity index (χ3n) is 3.77. The Balaban J connectivity index is 2.20. The van der Waals surface area contributed by atoms with Gasteiger partial charge in [-0.05, 0) is 76.9 Å². The average Bonchev–Trinajstić information content (AvgIpc) is 2.48. The van der Waals surface area contributed by atoms with E-state index in [-0.39, 0.29) is 0 Å². The third kappa shape index (κ3) is 4.54. The number of hydrogen-bond donors (Lipinski definition) is 1. The lowest BCUT2D eigenvalue weighted by molar-refractivity contribution is 0.589. The first kappa shape index (κ1) is 17.0. The van der Waals surface area contributed by atoms with Gasteiger partial charge in [-0.2, -0.15) is 0 Å². The molecular formula is C18H21BrIN. The Kier molecular flexibility index (Phi) is 6.26. The molecule has 1 unspecified atom stereocenters. The van der Waals surface area contributed by atoms with Crippen LogP contribution in [0.4, 0.5) is 0 Å². The zero-order valence-electron chi connectivity index (χ0n) is 12.7. The van der Waals surface area contributed by atoms with Crippen LogP contribution < -0.4 is 5.32 Å². The maximum absolute atomic E-state index is 3.67. The highest BCUT2D eigenvalue weighted by atomic mass is 127. The third-order valence-corrected chi connectivity index (χ3v) is 5.16. The van der Waals surface area contributed by atoms with E-state index in [1.807, 2.05) is 7.05 Å². The summed E-state index contributed by atoms with van der Waals surface area (Å²) < 4.78 is 2.43. The topological polar surface area (TPSA) is 12.0 Å². The van der Waals surface area contributed by atoms with Crippen molar-refractivity contribution in [2.24, 2.45) is 0 Å². The molecule has 0 fully saturated rings. The molecule has 1 N–H and O–H groups in total. The number of rotatable bonds is 5. The molecule has 2 rings (SSSR count). The lowest BCUT2D eigenvalue weighted by atomic mass is 9.96. The number of hydrogen-bond acceptors (Lipinski definition) is 1. The van der Waals surface area contributed by atoms with Gasteiger partial charge in [0.2, 0.25) is 0 Å². The Bertz CT molecular complexity index is 593. The molecule has 0 saturated carbocycles. The van der Waals surface area contributed by atoms with Gasteiger partial charge < -0.3 is 5.32 Å². The van der Waals surface area contributed by atoms with Crippen LogP contribution in [-0.2, 0) is 6.42 Å². The normalized spacial score (nSPS) is 12.7. The molecule has 0 heterocycles. The minimum Gasteiger partial charge on any atom is -0.313 e. The van der Waals surface area contributed by atoms with E-state index in [0.29, 0.717) is 12.0 Å². The predicted molar refractivity (Wildman–Crippen MR) is 103 cm³/mol. The van der Waals surface area contributed by atoms with Crippen molar-refractivity contribution in [3.8, 4) is 0 Å². The zero-order valence-corrected chi connectivity index (χ0v) is 16.4. The van der Waals surface area contributed by atoms with Crippen LogP contribution in [0.2, 0.25) is 0 Å². The molecule has 0 aliphatic rings. The lowest BCUT2D eigenvalue weighted by Gasteiger charge is -2.19. The van der Waals surface area contributed by atoms with E-state index in [1.165, 1.54) is 24.7 Å². The average molecular weight is 458 g/mol. The van der Waals surface area contributed by atoms with E-state index in [1.54, 1.807) is 0 Å². The van der Waals surface area contributed by atoms with E-state index in [4.69, 9.17) is 0 Å². The Labute approximate surface area is 149 Å². The Morgan fingerprint density at radius 2 is 1.76 bits per heavy atom. The van der Waals surface area contributed by atoms with Crippen LogP contribution in [0.3, 0.4) is 0 Å². The van der Waals surface area contributed by atoms with Crippen molar-refractivity contribution in [3.63, 3.8) is 0 Å². The quantitative estimate of drug-likeness (QED) is 0.569. The molecule has 0 spiro atoms. The SMILES string of the molecule is CNC(Cc1ccc(C(C)C)cc1)c1cc(I)ccc1Br. The first-order chi connectivity index (χ1) is 10.0. The zero-order chi connectivity index (χ0) is 15.4. The first-order valence-corrected chi connectivity index (χ1v) is 9.09. The molecule has 2 aromatic carbocycles. The van der Waals surface area contributed by atoms with Crippen molar-refractivity contribution in [3.05, 3.63) is 67.2 Å². The van der Waals surface area contributed by atoms with Gasteiger partial charge in [-0.3, -0.25) is 0 Å². The second kappa shape index (κ2) is 7.75. The van der Waals surface area contributed by atoms with Gasteiger partial charge in [0.05, 0.1) is 0 Å². The van der Waals surface area contributed by atoms with E-state index in [2.05, 4.69) is 100 Å². The lowest BCUT2D eigenvalue weighted by Crippen LogP contribution is -2.19. The largest absolute Gasteiger partial charge is 0.313 e. The van der Waals surface area contributed by atoms with Crippen LogP contribution in [0.25, 0.3) is 0 Å². The van der Waals surface area contributed by atoms with Crippen LogP contribution >= 0.6 is 38.5 Å². The molecule has 0 aliphatic heterocycles. The molecule has 3 heteroatoms. The Morgan fingerprint density at radius 3 is 2.33 bits per heavy atom. The highest BCUT2D eigenvalue weighted by molar-refractivity contribution is 14.1. The number of likely N-dealkylation sites (N-methyl/N-ethyl adjacent to an activating group) is 1. The molecular weight excluding hydrogens is 437 g/mol. The maximum Gasteiger partial charge on any atom is 0.0370 e. The Morgan fingerprint density at radius 1 is 1.10 bits per heavy atom. The van der Waals surface area contributed by atoms with Crippen LogP contribution in [0.1, 0.15) is 42.5 Å². The van der Waals surface area contributed by atoms with Gasteiger partial charge >= 0.3 is 0 Å². The summed E-state index contributed by atoms with van der Waals surface area (Å²) in [7, 11) is 2.03. The fourth-order valence-electron chi connectivity index (χ4n) is 2.42. The highest BCUT2D eigenvalue weighted by Crippen LogP contribution is 2.28. The van der Waals surface area contributed by atoms with E-state index in [0.717, 1.165) is 6.42 Å². The van der Waals surface area contributed by atoms with Crippen molar-refractivity contribution in [2.75, 3.05) is 7.05 Å².